The van der Waals surface area contributed by atoms with Crippen molar-refractivity contribution in [1.82, 2.24) is 19.5 Å². The number of hydrogen-bond acceptors (Lipinski definition) is 4. The first-order valence-electron chi connectivity index (χ1n) is 7.52. The zero-order valence-corrected chi connectivity index (χ0v) is 12.2. The molecule has 3 aromatic rings. The van der Waals surface area contributed by atoms with Crippen LogP contribution in [0.15, 0.2) is 55.2 Å². The van der Waals surface area contributed by atoms with Crippen molar-refractivity contribution in [3.8, 4) is 5.69 Å². The molecule has 4 rings (SSSR count). The van der Waals surface area contributed by atoms with Crippen molar-refractivity contribution in [3.63, 3.8) is 0 Å². The van der Waals surface area contributed by atoms with Crippen LogP contribution in [-0.2, 0) is 6.54 Å². The van der Waals surface area contributed by atoms with Gasteiger partial charge in [-0.3, -0.25) is 0 Å². The normalized spacial score (nSPS) is 14.0. The van der Waals surface area contributed by atoms with E-state index in [9.17, 15) is 0 Å². The molecule has 0 spiro atoms. The van der Waals surface area contributed by atoms with Crippen molar-refractivity contribution in [1.29, 1.82) is 0 Å². The van der Waals surface area contributed by atoms with Gasteiger partial charge in [0.15, 0.2) is 0 Å². The SMILES string of the molecule is c1cn(-c2ccc(CNc3ccnc(C4CC4)n3)cc2)cn1. The van der Waals surface area contributed by atoms with Crippen LogP contribution >= 0.6 is 0 Å². The molecule has 0 bridgehead atoms. The molecule has 0 unspecified atom stereocenters. The minimum atomic E-state index is 0.580. The number of hydrogen-bond donors (Lipinski definition) is 1. The lowest BCUT2D eigenvalue weighted by Gasteiger charge is -2.08. The Morgan fingerprint density at radius 3 is 2.68 bits per heavy atom. The predicted molar refractivity (Wildman–Crippen MR) is 84.9 cm³/mol. The summed E-state index contributed by atoms with van der Waals surface area (Å²) >= 11 is 0. The van der Waals surface area contributed by atoms with Crippen LogP contribution in [0.3, 0.4) is 0 Å². The number of nitrogens with zero attached hydrogens (tertiary/aromatic N) is 4. The predicted octanol–water partition coefficient (Wildman–Crippen LogP) is 3.15. The van der Waals surface area contributed by atoms with Crippen molar-refractivity contribution >= 4 is 5.82 Å². The fourth-order valence-corrected chi connectivity index (χ4v) is 2.40. The quantitative estimate of drug-likeness (QED) is 0.784. The maximum Gasteiger partial charge on any atom is 0.133 e. The molecule has 110 valence electrons. The standard InChI is InChI=1S/C17H17N5/c1-5-15(22-10-9-18-12-22)6-2-13(1)11-20-16-7-8-19-17(21-16)14-3-4-14/h1-2,5-10,12,14H,3-4,11H2,(H,19,20,21). The maximum absolute atomic E-state index is 4.57. The first-order valence-corrected chi connectivity index (χ1v) is 7.52. The summed E-state index contributed by atoms with van der Waals surface area (Å²) in [5, 5.41) is 3.37. The molecule has 1 N–H and O–H groups in total. The van der Waals surface area contributed by atoms with E-state index in [2.05, 4.69) is 44.5 Å². The van der Waals surface area contributed by atoms with Crippen LogP contribution in [0.25, 0.3) is 5.69 Å². The number of anilines is 1. The molecule has 1 aliphatic rings. The Kier molecular flexibility index (Phi) is 3.31. The summed E-state index contributed by atoms with van der Waals surface area (Å²) in [6.45, 7) is 0.755. The van der Waals surface area contributed by atoms with Gasteiger partial charge in [0.25, 0.3) is 0 Å². The van der Waals surface area contributed by atoms with Gasteiger partial charge in [-0.1, -0.05) is 12.1 Å². The van der Waals surface area contributed by atoms with Crippen molar-refractivity contribution in [2.45, 2.75) is 25.3 Å². The van der Waals surface area contributed by atoms with Gasteiger partial charge < -0.3 is 9.88 Å². The van der Waals surface area contributed by atoms with Crippen LogP contribution in [0, 0.1) is 0 Å². The molecular weight excluding hydrogens is 274 g/mol. The van der Waals surface area contributed by atoms with Crippen LogP contribution in [-0.4, -0.2) is 19.5 Å². The van der Waals surface area contributed by atoms with E-state index in [0.717, 1.165) is 23.9 Å². The average Bonchev–Trinajstić information content (AvgIpc) is 3.29. The number of aromatic nitrogens is 4. The van der Waals surface area contributed by atoms with E-state index in [4.69, 9.17) is 0 Å². The lowest BCUT2D eigenvalue weighted by atomic mass is 10.2. The highest BCUT2D eigenvalue weighted by molar-refractivity contribution is 5.38. The summed E-state index contributed by atoms with van der Waals surface area (Å²) in [5.41, 5.74) is 2.33. The topological polar surface area (TPSA) is 55.6 Å². The fourth-order valence-electron chi connectivity index (χ4n) is 2.40. The minimum Gasteiger partial charge on any atom is -0.366 e. The Balaban J connectivity index is 1.42. The molecule has 22 heavy (non-hydrogen) atoms. The van der Waals surface area contributed by atoms with Gasteiger partial charge in [0.2, 0.25) is 0 Å². The lowest BCUT2D eigenvalue weighted by Crippen LogP contribution is -2.03. The van der Waals surface area contributed by atoms with Crippen LogP contribution in [0.5, 0.6) is 0 Å². The molecule has 1 fully saturated rings. The summed E-state index contributed by atoms with van der Waals surface area (Å²) in [5.74, 6) is 2.45. The molecule has 2 heterocycles. The molecule has 0 atom stereocenters. The van der Waals surface area contributed by atoms with E-state index in [1.807, 2.05) is 23.0 Å². The van der Waals surface area contributed by atoms with Crippen molar-refractivity contribution < 1.29 is 0 Å². The third-order valence-corrected chi connectivity index (χ3v) is 3.83. The van der Waals surface area contributed by atoms with Gasteiger partial charge in [0.1, 0.15) is 11.6 Å². The van der Waals surface area contributed by atoms with Crippen LogP contribution in [0.1, 0.15) is 30.1 Å². The van der Waals surface area contributed by atoms with Gasteiger partial charge in [0, 0.05) is 36.7 Å². The van der Waals surface area contributed by atoms with Gasteiger partial charge in [-0.2, -0.15) is 0 Å². The lowest BCUT2D eigenvalue weighted by molar-refractivity contribution is 0.921. The fraction of sp³-hybridized carbons (Fsp3) is 0.235. The largest absolute Gasteiger partial charge is 0.366 e. The second kappa shape index (κ2) is 5.60. The highest BCUT2D eigenvalue weighted by atomic mass is 15.0. The minimum absolute atomic E-state index is 0.580. The second-order valence-electron chi connectivity index (χ2n) is 5.56. The number of nitrogens with one attached hydrogen (secondary N) is 1. The Bertz CT molecular complexity index is 745. The molecule has 1 saturated carbocycles. The molecular formula is C17H17N5. The van der Waals surface area contributed by atoms with Crippen LogP contribution in [0.4, 0.5) is 5.82 Å². The monoisotopic (exact) mass is 291 g/mol. The molecule has 1 aliphatic carbocycles. The van der Waals surface area contributed by atoms with E-state index < -0.39 is 0 Å². The molecule has 0 radical (unpaired) electrons. The summed E-state index contributed by atoms with van der Waals surface area (Å²) in [7, 11) is 0. The Morgan fingerprint density at radius 1 is 1.09 bits per heavy atom. The maximum atomic E-state index is 4.57. The third-order valence-electron chi connectivity index (χ3n) is 3.83. The summed E-state index contributed by atoms with van der Waals surface area (Å²) in [6.07, 6.45) is 9.80. The van der Waals surface area contributed by atoms with Crippen molar-refractivity contribution in [2.24, 2.45) is 0 Å². The van der Waals surface area contributed by atoms with Gasteiger partial charge in [-0.05, 0) is 36.6 Å². The van der Waals surface area contributed by atoms with Crippen molar-refractivity contribution in [3.05, 3.63) is 66.6 Å². The summed E-state index contributed by atoms with van der Waals surface area (Å²) in [6, 6.07) is 10.3. The zero-order chi connectivity index (χ0) is 14.8. The van der Waals surface area contributed by atoms with Gasteiger partial charge >= 0.3 is 0 Å². The smallest absolute Gasteiger partial charge is 0.133 e. The Morgan fingerprint density at radius 2 is 1.95 bits per heavy atom. The average molecular weight is 291 g/mol. The van der Waals surface area contributed by atoms with E-state index in [1.54, 1.807) is 12.5 Å². The molecule has 5 heteroatoms. The third kappa shape index (κ3) is 2.83. The van der Waals surface area contributed by atoms with Crippen molar-refractivity contribution in [2.75, 3.05) is 5.32 Å². The summed E-state index contributed by atoms with van der Waals surface area (Å²) < 4.78 is 1.99. The second-order valence-corrected chi connectivity index (χ2v) is 5.56. The Labute approximate surface area is 129 Å². The zero-order valence-electron chi connectivity index (χ0n) is 12.2. The van der Waals surface area contributed by atoms with E-state index in [1.165, 1.54) is 18.4 Å². The van der Waals surface area contributed by atoms with E-state index in [0.29, 0.717) is 5.92 Å². The van der Waals surface area contributed by atoms with Gasteiger partial charge in [0.05, 0.1) is 6.33 Å². The first kappa shape index (κ1) is 13.0. The number of imidazole rings is 1. The Hall–Kier alpha value is -2.69. The molecule has 5 nitrogen and oxygen atoms in total. The molecule has 2 aromatic heterocycles. The highest BCUT2D eigenvalue weighted by Gasteiger charge is 2.26. The number of rotatable bonds is 5. The van der Waals surface area contributed by atoms with E-state index >= 15 is 0 Å². The number of benzene rings is 1. The molecule has 0 aliphatic heterocycles. The van der Waals surface area contributed by atoms with Gasteiger partial charge in [-0.25, -0.2) is 15.0 Å². The van der Waals surface area contributed by atoms with Gasteiger partial charge in [-0.15, -0.1) is 0 Å². The summed E-state index contributed by atoms with van der Waals surface area (Å²) in [4.78, 5) is 13.0. The first-order chi connectivity index (χ1) is 10.9. The molecule has 0 amide bonds. The van der Waals surface area contributed by atoms with E-state index in [-0.39, 0.29) is 0 Å². The van der Waals surface area contributed by atoms with Crippen LogP contribution in [0.2, 0.25) is 0 Å². The molecule has 1 aromatic carbocycles. The molecule has 0 saturated heterocycles. The highest BCUT2D eigenvalue weighted by Crippen LogP contribution is 2.38. The van der Waals surface area contributed by atoms with Crippen LogP contribution < -0.4 is 5.32 Å².